The second-order valence-electron chi connectivity index (χ2n) is 20.8. The van der Waals surface area contributed by atoms with Gasteiger partial charge < -0.3 is 0 Å². The van der Waals surface area contributed by atoms with Crippen molar-refractivity contribution in [3.8, 4) is 11.4 Å². The normalized spacial score (nSPS) is 11.9. The van der Waals surface area contributed by atoms with Crippen LogP contribution in [-0.2, 0) is 87.9 Å². The summed E-state index contributed by atoms with van der Waals surface area (Å²) in [4.78, 5) is 11.0. The molecule has 8 aromatic rings. The minimum atomic E-state index is -0.624. The summed E-state index contributed by atoms with van der Waals surface area (Å²) < 4.78 is 0. The van der Waals surface area contributed by atoms with Crippen molar-refractivity contribution in [2.75, 3.05) is 0 Å². The van der Waals surface area contributed by atoms with E-state index in [1.165, 1.54) is 111 Å². The number of hydrogen-bond acceptors (Lipinski definition) is 2. The van der Waals surface area contributed by atoms with E-state index < -0.39 is 10.8 Å². The lowest BCUT2D eigenvalue weighted by Crippen LogP contribution is -2.32. The first-order valence-corrected chi connectivity index (χ1v) is 28.7. The van der Waals surface area contributed by atoms with Gasteiger partial charge in [0.1, 0.15) is 0 Å². The third-order valence-electron chi connectivity index (χ3n) is 16.5. The summed E-state index contributed by atoms with van der Waals surface area (Å²) in [5, 5.41) is 0. The molecule has 0 saturated heterocycles. The number of aromatic nitrogens is 2. The van der Waals surface area contributed by atoms with E-state index >= 15 is 0 Å². The van der Waals surface area contributed by atoms with Crippen LogP contribution in [0.15, 0.2) is 146 Å². The van der Waals surface area contributed by atoms with E-state index in [0.717, 1.165) is 88.4 Å². The Kier molecular flexibility index (Phi) is 17.4. The van der Waals surface area contributed by atoms with E-state index in [-0.39, 0.29) is 0 Å². The maximum atomic E-state index is 5.49. The van der Waals surface area contributed by atoms with Crippen molar-refractivity contribution >= 4 is 0 Å². The molecular weight excluding hydrogens is 893 g/mol. The highest BCUT2D eigenvalue weighted by molar-refractivity contribution is 5.67. The van der Waals surface area contributed by atoms with Gasteiger partial charge in [-0.05, 0) is 200 Å². The maximum absolute atomic E-state index is 5.49. The molecule has 74 heavy (non-hydrogen) atoms. The zero-order valence-electron chi connectivity index (χ0n) is 47.2. The van der Waals surface area contributed by atoms with Crippen molar-refractivity contribution in [2.45, 2.75) is 171 Å². The Hall–Kier alpha value is -6.38. The Morgan fingerprint density at radius 1 is 0.216 bits per heavy atom. The standard InChI is InChI=1S/C72H84N2/c1-13-49-29-50(14-2)36-63(35-49)71(64-37-51(15-3)30-52(16-4)38-64,65-39-53(17-5)31-54(18-6)40-65)61-25-27-69(73-47-61)70-28-26-62(48-74-70)72(66-41-55(19-7)32-56(20-8)42-66,67-43-57(21-9)33-58(22-10)44-67)68-45-59(23-11)34-60(24-12)46-68/h25-48H,13-24H2,1-12H3. The fourth-order valence-corrected chi connectivity index (χ4v) is 11.9. The number of hydrogen-bond donors (Lipinski definition) is 0. The average molecular weight is 977 g/mol. The third-order valence-corrected chi connectivity index (χ3v) is 16.5. The van der Waals surface area contributed by atoms with Gasteiger partial charge in [-0.3, -0.25) is 9.97 Å². The van der Waals surface area contributed by atoms with Crippen molar-refractivity contribution < 1.29 is 0 Å². The number of benzene rings is 6. The van der Waals surface area contributed by atoms with Crippen LogP contribution in [0.4, 0.5) is 0 Å². The molecule has 2 nitrogen and oxygen atoms in total. The molecule has 0 aliphatic rings. The molecule has 0 unspecified atom stereocenters. The Labute approximate surface area is 447 Å². The molecule has 2 heterocycles. The molecule has 0 aliphatic carbocycles. The van der Waals surface area contributed by atoms with Crippen molar-refractivity contribution in [3.63, 3.8) is 0 Å². The van der Waals surface area contributed by atoms with Gasteiger partial charge in [0.05, 0.1) is 22.2 Å². The number of aryl methyl sites for hydroxylation is 12. The molecule has 0 saturated carbocycles. The Bertz CT molecular complexity index is 2570. The molecule has 6 aromatic carbocycles. The molecule has 2 aromatic heterocycles. The van der Waals surface area contributed by atoms with Gasteiger partial charge in [0, 0.05) is 12.4 Å². The highest BCUT2D eigenvalue weighted by Gasteiger charge is 2.42. The highest BCUT2D eigenvalue weighted by Crippen LogP contribution is 2.49. The predicted octanol–water partition coefficient (Wildman–Crippen LogP) is 17.7. The first-order chi connectivity index (χ1) is 36.0. The summed E-state index contributed by atoms with van der Waals surface area (Å²) in [5.41, 5.74) is 27.1. The summed E-state index contributed by atoms with van der Waals surface area (Å²) >= 11 is 0. The summed E-state index contributed by atoms with van der Waals surface area (Å²) in [5.74, 6) is 0. The van der Waals surface area contributed by atoms with Crippen LogP contribution in [0.25, 0.3) is 11.4 Å². The van der Waals surface area contributed by atoms with Crippen LogP contribution in [-0.4, -0.2) is 9.97 Å². The quantitative estimate of drug-likeness (QED) is 0.0671. The van der Waals surface area contributed by atoms with Crippen LogP contribution < -0.4 is 0 Å². The van der Waals surface area contributed by atoms with Gasteiger partial charge in [0.2, 0.25) is 0 Å². The lowest BCUT2D eigenvalue weighted by molar-refractivity contribution is 0.727. The lowest BCUT2D eigenvalue weighted by atomic mass is 9.63. The zero-order chi connectivity index (χ0) is 52.6. The first kappa shape index (κ1) is 53.9. The van der Waals surface area contributed by atoms with Gasteiger partial charge in [-0.1, -0.05) is 204 Å². The summed E-state index contributed by atoms with van der Waals surface area (Å²) in [7, 11) is 0. The number of rotatable bonds is 21. The summed E-state index contributed by atoms with van der Waals surface area (Å²) in [6.07, 6.45) is 16.0. The molecular formula is C72H84N2. The van der Waals surface area contributed by atoms with Gasteiger partial charge in [-0.2, -0.15) is 0 Å². The minimum Gasteiger partial charge on any atom is -0.254 e. The van der Waals surface area contributed by atoms with E-state index in [9.17, 15) is 0 Å². The van der Waals surface area contributed by atoms with Gasteiger partial charge in [-0.15, -0.1) is 0 Å². The molecule has 0 radical (unpaired) electrons. The molecule has 0 fully saturated rings. The fourth-order valence-electron chi connectivity index (χ4n) is 11.9. The topological polar surface area (TPSA) is 25.8 Å². The Morgan fingerprint density at radius 2 is 0.378 bits per heavy atom. The van der Waals surface area contributed by atoms with Crippen molar-refractivity contribution in [3.05, 3.63) is 257 Å². The van der Waals surface area contributed by atoms with Gasteiger partial charge in [-0.25, -0.2) is 0 Å². The zero-order valence-corrected chi connectivity index (χ0v) is 47.2. The van der Waals surface area contributed by atoms with Gasteiger partial charge >= 0.3 is 0 Å². The smallest absolute Gasteiger partial charge is 0.0886 e. The Morgan fingerprint density at radius 3 is 0.500 bits per heavy atom. The summed E-state index contributed by atoms with van der Waals surface area (Å²) in [6, 6.07) is 53.6. The molecule has 0 N–H and O–H groups in total. The predicted molar refractivity (Wildman–Crippen MR) is 317 cm³/mol. The molecule has 2 heteroatoms. The first-order valence-electron chi connectivity index (χ1n) is 28.7. The molecule has 8 rings (SSSR count). The second-order valence-corrected chi connectivity index (χ2v) is 20.8. The van der Waals surface area contributed by atoms with Crippen LogP contribution in [0.1, 0.15) is 194 Å². The Balaban J connectivity index is 1.40. The molecule has 0 amide bonds. The maximum Gasteiger partial charge on any atom is 0.0886 e. The van der Waals surface area contributed by atoms with Crippen molar-refractivity contribution in [1.82, 2.24) is 9.97 Å². The third kappa shape index (κ3) is 10.5. The highest BCUT2D eigenvalue weighted by atomic mass is 14.8. The number of pyridine rings is 2. The summed E-state index contributed by atoms with van der Waals surface area (Å²) in [6.45, 7) is 27.5. The molecule has 0 atom stereocenters. The van der Waals surface area contributed by atoms with E-state index in [2.05, 4.69) is 229 Å². The average Bonchev–Trinajstić information content (AvgIpc) is 3.47. The number of nitrogens with zero attached hydrogens (tertiary/aromatic N) is 2. The van der Waals surface area contributed by atoms with Crippen LogP contribution in [0, 0.1) is 0 Å². The van der Waals surface area contributed by atoms with E-state index in [0.29, 0.717) is 0 Å². The molecule has 0 aliphatic heterocycles. The van der Waals surface area contributed by atoms with E-state index in [1.807, 2.05) is 0 Å². The van der Waals surface area contributed by atoms with Crippen LogP contribution >= 0.6 is 0 Å². The fraction of sp³-hybridized carbons (Fsp3) is 0.361. The SMILES string of the molecule is CCc1cc(CC)cc(C(c2ccc(-c3ccc(C(c4cc(CC)cc(CC)c4)(c4cc(CC)cc(CC)c4)c4cc(CC)cc(CC)c4)cn3)nc2)(c2cc(CC)cc(CC)c2)c2cc(CC)cc(CC)c2)c1. The van der Waals surface area contributed by atoms with Crippen LogP contribution in [0.3, 0.4) is 0 Å². The molecule has 0 spiro atoms. The minimum absolute atomic E-state index is 0.624. The van der Waals surface area contributed by atoms with Crippen molar-refractivity contribution in [1.29, 1.82) is 0 Å². The van der Waals surface area contributed by atoms with Gasteiger partial charge in [0.15, 0.2) is 0 Å². The van der Waals surface area contributed by atoms with E-state index in [4.69, 9.17) is 9.97 Å². The van der Waals surface area contributed by atoms with Crippen LogP contribution in [0.2, 0.25) is 0 Å². The van der Waals surface area contributed by atoms with E-state index in [1.54, 1.807) is 0 Å². The van der Waals surface area contributed by atoms with Gasteiger partial charge in [0.25, 0.3) is 0 Å². The molecule has 0 bridgehead atoms. The van der Waals surface area contributed by atoms with Crippen LogP contribution in [0.5, 0.6) is 0 Å². The monoisotopic (exact) mass is 977 g/mol. The van der Waals surface area contributed by atoms with Crippen molar-refractivity contribution in [2.24, 2.45) is 0 Å². The molecule has 382 valence electrons. The largest absolute Gasteiger partial charge is 0.254 e. The second kappa shape index (κ2) is 23.9. The lowest BCUT2D eigenvalue weighted by Gasteiger charge is -2.38.